The number of nitro benzene ring substituents is 1. The van der Waals surface area contributed by atoms with E-state index in [-0.39, 0.29) is 11.6 Å². The van der Waals surface area contributed by atoms with Crippen molar-refractivity contribution in [2.45, 2.75) is 0 Å². The van der Waals surface area contributed by atoms with E-state index >= 15 is 0 Å². The molecule has 3 aromatic rings. The van der Waals surface area contributed by atoms with Crippen LogP contribution in [0.15, 0.2) is 60.7 Å². The van der Waals surface area contributed by atoms with Crippen LogP contribution in [0.5, 0.6) is 0 Å². The molecule has 0 aliphatic carbocycles. The average molecular weight is 335 g/mol. The van der Waals surface area contributed by atoms with E-state index in [1.807, 2.05) is 30.3 Å². The molecule has 1 heterocycles. The van der Waals surface area contributed by atoms with Crippen molar-refractivity contribution >= 4 is 23.6 Å². The maximum atomic E-state index is 11.9. The highest BCUT2D eigenvalue weighted by atomic mass is 16.6. The molecule has 1 aromatic heterocycles. The predicted octanol–water partition coefficient (Wildman–Crippen LogP) is 3.03. The van der Waals surface area contributed by atoms with Crippen molar-refractivity contribution in [2.24, 2.45) is 0 Å². The number of rotatable bonds is 5. The van der Waals surface area contributed by atoms with Crippen LogP contribution in [0.3, 0.4) is 0 Å². The Morgan fingerprint density at radius 3 is 2.72 bits per heavy atom. The fraction of sp³-hybridized carbons (Fsp3) is 0. The summed E-state index contributed by atoms with van der Waals surface area (Å²) in [5.41, 5.74) is 1.36. The lowest BCUT2D eigenvalue weighted by Gasteiger charge is -1.96. The summed E-state index contributed by atoms with van der Waals surface area (Å²) >= 11 is 0. The maximum absolute atomic E-state index is 11.9. The fourth-order valence-corrected chi connectivity index (χ4v) is 2.11. The van der Waals surface area contributed by atoms with Gasteiger partial charge in [-0.25, -0.2) is 0 Å². The molecule has 1 amide bonds. The number of benzene rings is 2. The van der Waals surface area contributed by atoms with Gasteiger partial charge in [0.05, 0.1) is 4.92 Å². The molecular weight excluding hydrogens is 322 g/mol. The summed E-state index contributed by atoms with van der Waals surface area (Å²) in [4.78, 5) is 26.4. The number of aromatic nitrogens is 3. The molecule has 0 bridgehead atoms. The molecule has 124 valence electrons. The van der Waals surface area contributed by atoms with E-state index in [0.29, 0.717) is 11.4 Å². The van der Waals surface area contributed by atoms with Gasteiger partial charge >= 0.3 is 0 Å². The first kappa shape index (κ1) is 16.1. The Labute approximate surface area is 142 Å². The number of anilines is 1. The van der Waals surface area contributed by atoms with E-state index < -0.39 is 10.8 Å². The second-order valence-corrected chi connectivity index (χ2v) is 5.05. The zero-order valence-corrected chi connectivity index (χ0v) is 12.9. The number of H-pyrrole nitrogens is 1. The van der Waals surface area contributed by atoms with Crippen LogP contribution < -0.4 is 5.32 Å². The van der Waals surface area contributed by atoms with Crippen molar-refractivity contribution in [1.29, 1.82) is 0 Å². The fourth-order valence-electron chi connectivity index (χ4n) is 2.11. The lowest BCUT2D eigenvalue weighted by Crippen LogP contribution is -2.09. The van der Waals surface area contributed by atoms with Crippen molar-refractivity contribution in [1.82, 2.24) is 15.2 Å². The summed E-state index contributed by atoms with van der Waals surface area (Å²) in [7, 11) is 0. The van der Waals surface area contributed by atoms with Gasteiger partial charge in [0.2, 0.25) is 5.95 Å². The number of hydrogen-bond donors (Lipinski definition) is 2. The minimum atomic E-state index is -0.490. The molecule has 0 aliphatic heterocycles. The molecule has 2 N–H and O–H groups in total. The van der Waals surface area contributed by atoms with Crippen LogP contribution >= 0.6 is 0 Å². The molecule has 0 saturated heterocycles. The quantitative estimate of drug-likeness (QED) is 0.422. The van der Waals surface area contributed by atoms with Crippen molar-refractivity contribution in [2.75, 3.05) is 5.32 Å². The Morgan fingerprint density at radius 2 is 1.96 bits per heavy atom. The van der Waals surface area contributed by atoms with Crippen LogP contribution in [-0.4, -0.2) is 26.0 Å². The van der Waals surface area contributed by atoms with Crippen LogP contribution in [0, 0.1) is 10.1 Å². The summed E-state index contributed by atoms with van der Waals surface area (Å²) in [5.74, 6) is 0.247. The molecule has 0 fully saturated rings. The van der Waals surface area contributed by atoms with Crippen LogP contribution in [0.25, 0.3) is 17.5 Å². The number of nitro groups is 1. The van der Waals surface area contributed by atoms with Gasteiger partial charge in [0.15, 0.2) is 5.82 Å². The molecular formula is C17H13N5O3. The molecule has 3 rings (SSSR count). The summed E-state index contributed by atoms with van der Waals surface area (Å²) in [6, 6.07) is 15.4. The highest BCUT2D eigenvalue weighted by molar-refractivity contribution is 6.01. The lowest BCUT2D eigenvalue weighted by atomic mass is 10.2. The second kappa shape index (κ2) is 7.18. The van der Waals surface area contributed by atoms with Crippen molar-refractivity contribution in [3.05, 3.63) is 76.4 Å². The largest absolute Gasteiger partial charge is 0.290 e. The number of hydrogen-bond acceptors (Lipinski definition) is 5. The first-order chi connectivity index (χ1) is 12.1. The number of non-ortho nitro benzene ring substituents is 1. The zero-order valence-electron chi connectivity index (χ0n) is 12.9. The number of nitrogens with zero attached hydrogens (tertiary/aromatic N) is 3. The Balaban J connectivity index is 1.66. The Bertz CT molecular complexity index is 934. The second-order valence-electron chi connectivity index (χ2n) is 5.05. The Hall–Kier alpha value is -3.81. The van der Waals surface area contributed by atoms with Crippen molar-refractivity contribution in [3.8, 4) is 11.4 Å². The molecule has 8 nitrogen and oxygen atoms in total. The molecule has 0 spiro atoms. The van der Waals surface area contributed by atoms with Gasteiger partial charge in [-0.15, -0.1) is 5.10 Å². The average Bonchev–Trinajstić information content (AvgIpc) is 3.09. The van der Waals surface area contributed by atoms with Crippen molar-refractivity contribution in [3.63, 3.8) is 0 Å². The van der Waals surface area contributed by atoms with E-state index in [9.17, 15) is 14.9 Å². The van der Waals surface area contributed by atoms with Gasteiger partial charge in [-0.1, -0.05) is 42.5 Å². The highest BCUT2D eigenvalue weighted by Gasteiger charge is 2.07. The van der Waals surface area contributed by atoms with E-state index in [1.54, 1.807) is 12.1 Å². The first-order valence-electron chi connectivity index (χ1n) is 7.33. The lowest BCUT2D eigenvalue weighted by molar-refractivity contribution is -0.384. The summed E-state index contributed by atoms with van der Waals surface area (Å²) in [6.07, 6.45) is 2.74. The molecule has 2 aromatic carbocycles. The number of amides is 1. The van der Waals surface area contributed by atoms with Crippen LogP contribution in [0.1, 0.15) is 5.56 Å². The molecule has 0 atom stereocenters. The zero-order chi connectivity index (χ0) is 17.6. The Kier molecular flexibility index (Phi) is 4.61. The molecule has 0 unspecified atom stereocenters. The normalized spacial score (nSPS) is 10.7. The molecule has 0 saturated carbocycles. The summed E-state index contributed by atoms with van der Waals surface area (Å²) < 4.78 is 0. The molecule has 0 radical (unpaired) electrons. The third-order valence-corrected chi connectivity index (χ3v) is 3.28. The summed E-state index contributed by atoms with van der Waals surface area (Å²) in [5, 5.41) is 19.9. The number of carbonyl (C=O) groups is 1. The van der Waals surface area contributed by atoms with E-state index in [2.05, 4.69) is 20.5 Å². The third kappa shape index (κ3) is 4.14. The van der Waals surface area contributed by atoms with E-state index in [4.69, 9.17) is 0 Å². The van der Waals surface area contributed by atoms with Gasteiger partial charge in [-0.3, -0.25) is 25.3 Å². The minimum absolute atomic E-state index is 0.0379. The predicted molar refractivity (Wildman–Crippen MR) is 92.6 cm³/mol. The van der Waals surface area contributed by atoms with Gasteiger partial charge in [-0.2, -0.15) is 4.98 Å². The minimum Gasteiger partial charge on any atom is -0.290 e. The standard InChI is InChI=1S/C17H13N5O3/c23-15(10-9-12-5-4-8-14(11-12)22(24)25)18-17-19-16(20-21-17)13-6-2-1-3-7-13/h1-11H,(H2,18,19,20,21,23)/b10-9+. The van der Waals surface area contributed by atoms with Gasteiger partial charge in [-0.05, 0) is 11.6 Å². The van der Waals surface area contributed by atoms with Gasteiger partial charge in [0.1, 0.15) is 0 Å². The summed E-state index contributed by atoms with van der Waals surface area (Å²) in [6.45, 7) is 0. The Morgan fingerprint density at radius 1 is 1.16 bits per heavy atom. The maximum Gasteiger partial charge on any atom is 0.270 e. The van der Waals surface area contributed by atoms with Gasteiger partial charge < -0.3 is 0 Å². The van der Waals surface area contributed by atoms with Gasteiger partial charge in [0, 0.05) is 23.8 Å². The first-order valence-corrected chi connectivity index (χ1v) is 7.33. The topological polar surface area (TPSA) is 114 Å². The van der Waals surface area contributed by atoms with Crippen molar-refractivity contribution < 1.29 is 9.72 Å². The molecule has 25 heavy (non-hydrogen) atoms. The number of aromatic amines is 1. The van der Waals surface area contributed by atoms with E-state index in [0.717, 1.165) is 5.56 Å². The smallest absolute Gasteiger partial charge is 0.270 e. The van der Waals surface area contributed by atoms with Gasteiger partial charge in [0.25, 0.3) is 11.6 Å². The highest BCUT2D eigenvalue weighted by Crippen LogP contribution is 2.16. The molecule has 0 aliphatic rings. The molecule has 8 heteroatoms. The van der Waals surface area contributed by atoms with Crippen LogP contribution in [-0.2, 0) is 4.79 Å². The van der Waals surface area contributed by atoms with Crippen LogP contribution in [0.4, 0.5) is 11.6 Å². The number of carbonyl (C=O) groups excluding carboxylic acids is 1. The van der Waals surface area contributed by atoms with Crippen LogP contribution in [0.2, 0.25) is 0 Å². The monoisotopic (exact) mass is 335 g/mol. The van der Waals surface area contributed by atoms with E-state index in [1.165, 1.54) is 24.3 Å². The third-order valence-electron chi connectivity index (χ3n) is 3.28. The number of nitrogens with one attached hydrogen (secondary N) is 2. The SMILES string of the molecule is O=C(/C=C/c1cccc([N+](=O)[O-])c1)Nc1n[nH]c(-c2ccccc2)n1.